The molecular formula is C18H18N2. The molecule has 0 unspecified atom stereocenters. The molecule has 0 amide bonds. The molecule has 20 heavy (non-hydrogen) atoms. The van der Waals surface area contributed by atoms with Crippen molar-refractivity contribution in [1.29, 1.82) is 0 Å². The lowest BCUT2D eigenvalue weighted by molar-refractivity contribution is 0.924. The van der Waals surface area contributed by atoms with Crippen molar-refractivity contribution in [2.75, 3.05) is 17.7 Å². The van der Waals surface area contributed by atoms with Gasteiger partial charge in [0.1, 0.15) is 0 Å². The van der Waals surface area contributed by atoms with E-state index in [2.05, 4.69) is 66.5 Å². The van der Waals surface area contributed by atoms with Crippen LogP contribution in [-0.2, 0) is 6.54 Å². The highest BCUT2D eigenvalue weighted by molar-refractivity contribution is 5.85. The minimum Gasteiger partial charge on any atom is -0.399 e. The number of anilines is 2. The summed E-state index contributed by atoms with van der Waals surface area (Å²) in [5.74, 6) is 0. The van der Waals surface area contributed by atoms with E-state index < -0.39 is 0 Å². The topological polar surface area (TPSA) is 29.3 Å². The molecule has 3 aromatic carbocycles. The minimum atomic E-state index is 0.808. The van der Waals surface area contributed by atoms with Crippen molar-refractivity contribution >= 4 is 22.1 Å². The number of hydrogen-bond donors (Lipinski definition) is 1. The Kier molecular flexibility index (Phi) is 3.30. The van der Waals surface area contributed by atoms with Crippen molar-refractivity contribution in [1.82, 2.24) is 0 Å². The predicted octanol–water partition coefficient (Wildman–Crippen LogP) is 4.06. The third-order valence-corrected chi connectivity index (χ3v) is 3.57. The van der Waals surface area contributed by atoms with Crippen molar-refractivity contribution in [2.45, 2.75) is 6.54 Å². The van der Waals surface area contributed by atoms with Gasteiger partial charge in [0.15, 0.2) is 0 Å². The largest absolute Gasteiger partial charge is 0.399 e. The lowest BCUT2D eigenvalue weighted by Gasteiger charge is -2.20. The van der Waals surface area contributed by atoms with Gasteiger partial charge in [-0.3, -0.25) is 0 Å². The molecule has 3 aromatic rings. The van der Waals surface area contributed by atoms with E-state index >= 15 is 0 Å². The quantitative estimate of drug-likeness (QED) is 0.721. The minimum absolute atomic E-state index is 0.808. The van der Waals surface area contributed by atoms with E-state index in [9.17, 15) is 0 Å². The molecule has 2 nitrogen and oxygen atoms in total. The zero-order valence-corrected chi connectivity index (χ0v) is 11.6. The molecule has 0 bridgehead atoms. The van der Waals surface area contributed by atoms with Gasteiger partial charge >= 0.3 is 0 Å². The standard InChI is InChI=1S/C18H18N2/c1-20(13-14-6-9-17(19)10-7-14)18-11-8-15-4-2-3-5-16(15)12-18/h2-12H,13,19H2,1H3. The summed E-state index contributed by atoms with van der Waals surface area (Å²) in [6.45, 7) is 0.874. The van der Waals surface area contributed by atoms with Gasteiger partial charge in [-0.05, 0) is 40.6 Å². The van der Waals surface area contributed by atoms with Crippen LogP contribution in [0.25, 0.3) is 10.8 Å². The van der Waals surface area contributed by atoms with Gasteiger partial charge in [-0.2, -0.15) is 0 Å². The monoisotopic (exact) mass is 262 g/mol. The lowest BCUT2D eigenvalue weighted by atomic mass is 10.1. The summed E-state index contributed by atoms with van der Waals surface area (Å²) in [5, 5.41) is 2.55. The Morgan fingerprint density at radius 1 is 0.850 bits per heavy atom. The van der Waals surface area contributed by atoms with Crippen LogP contribution < -0.4 is 10.6 Å². The van der Waals surface area contributed by atoms with Gasteiger partial charge < -0.3 is 10.6 Å². The third kappa shape index (κ3) is 2.59. The van der Waals surface area contributed by atoms with E-state index in [-0.39, 0.29) is 0 Å². The van der Waals surface area contributed by atoms with Crippen molar-refractivity contribution in [3.63, 3.8) is 0 Å². The number of hydrogen-bond acceptors (Lipinski definition) is 2. The highest BCUT2D eigenvalue weighted by atomic mass is 15.1. The summed E-state index contributed by atoms with van der Waals surface area (Å²) in [6.07, 6.45) is 0. The maximum absolute atomic E-state index is 5.72. The smallest absolute Gasteiger partial charge is 0.0426 e. The molecule has 0 heterocycles. The third-order valence-electron chi connectivity index (χ3n) is 3.57. The van der Waals surface area contributed by atoms with Gasteiger partial charge in [0.2, 0.25) is 0 Å². The maximum atomic E-state index is 5.72. The summed E-state index contributed by atoms with van der Waals surface area (Å²) in [7, 11) is 2.11. The molecule has 0 aromatic heterocycles. The van der Waals surface area contributed by atoms with Crippen molar-refractivity contribution in [2.24, 2.45) is 0 Å². The Hall–Kier alpha value is -2.48. The summed E-state index contributed by atoms with van der Waals surface area (Å²) in [4.78, 5) is 2.25. The van der Waals surface area contributed by atoms with Crippen LogP contribution in [0.4, 0.5) is 11.4 Å². The average Bonchev–Trinajstić information content (AvgIpc) is 2.49. The number of fused-ring (bicyclic) bond motifs is 1. The molecule has 2 N–H and O–H groups in total. The van der Waals surface area contributed by atoms with E-state index in [4.69, 9.17) is 5.73 Å². The molecule has 0 radical (unpaired) electrons. The van der Waals surface area contributed by atoms with Crippen LogP contribution in [0, 0.1) is 0 Å². The first-order valence-corrected chi connectivity index (χ1v) is 6.77. The van der Waals surface area contributed by atoms with Gasteiger partial charge in [0, 0.05) is 25.0 Å². The number of nitrogens with zero attached hydrogens (tertiary/aromatic N) is 1. The zero-order valence-electron chi connectivity index (χ0n) is 11.6. The second kappa shape index (κ2) is 5.25. The Bertz CT molecular complexity index is 717. The zero-order chi connectivity index (χ0) is 13.9. The summed E-state index contributed by atoms with van der Waals surface area (Å²) in [6, 6.07) is 23.0. The molecule has 0 aliphatic heterocycles. The predicted molar refractivity (Wildman–Crippen MR) is 86.9 cm³/mol. The first-order chi connectivity index (χ1) is 9.72. The Balaban J connectivity index is 1.84. The van der Waals surface area contributed by atoms with Gasteiger partial charge in [0.25, 0.3) is 0 Å². The second-order valence-electron chi connectivity index (χ2n) is 5.13. The molecule has 0 aliphatic rings. The molecule has 0 saturated carbocycles. The Morgan fingerprint density at radius 3 is 2.30 bits per heavy atom. The van der Waals surface area contributed by atoms with E-state index in [1.165, 1.54) is 22.0 Å². The molecule has 100 valence electrons. The van der Waals surface area contributed by atoms with Crippen LogP contribution in [0.3, 0.4) is 0 Å². The van der Waals surface area contributed by atoms with E-state index in [0.717, 1.165) is 12.2 Å². The molecular weight excluding hydrogens is 244 g/mol. The maximum Gasteiger partial charge on any atom is 0.0426 e. The van der Waals surface area contributed by atoms with Gasteiger partial charge in [-0.1, -0.05) is 42.5 Å². The molecule has 0 fully saturated rings. The molecule has 3 rings (SSSR count). The van der Waals surface area contributed by atoms with Crippen LogP contribution in [-0.4, -0.2) is 7.05 Å². The summed E-state index contributed by atoms with van der Waals surface area (Å²) < 4.78 is 0. The van der Waals surface area contributed by atoms with Crippen LogP contribution in [0.5, 0.6) is 0 Å². The highest BCUT2D eigenvalue weighted by Gasteiger charge is 2.03. The highest BCUT2D eigenvalue weighted by Crippen LogP contribution is 2.22. The normalized spacial score (nSPS) is 10.7. The molecule has 0 atom stereocenters. The Morgan fingerprint density at radius 2 is 1.55 bits per heavy atom. The molecule has 2 heteroatoms. The first-order valence-electron chi connectivity index (χ1n) is 6.77. The number of nitrogen functional groups attached to an aromatic ring is 1. The van der Waals surface area contributed by atoms with E-state index in [0.29, 0.717) is 0 Å². The van der Waals surface area contributed by atoms with Gasteiger partial charge in [-0.15, -0.1) is 0 Å². The summed E-state index contributed by atoms with van der Waals surface area (Å²) >= 11 is 0. The Labute approximate surface area is 119 Å². The fourth-order valence-electron chi connectivity index (χ4n) is 2.40. The van der Waals surface area contributed by atoms with Crippen LogP contribution in [0.15, 0.2) is 66.7 Å². The van der Waals surface area contributed by atoms with Gasteiger partial charge in [-0.25, -0.2) is 0 Å². The van der Waals surface area contributed by atoms with Crippen molar-refractivity contribution in [3.05, 3.63) is 72.3 Å². The fraction of sp³-hybridized carbons (Fsp3) is 0.111. The second-order valence-corrected chi connectivity index (χ2v) is 5.13. The lowest BCUT2D eigenvalue weighted by Crippen LogP contribution is -2.16. The van der Waals surface area contributed by atoms with Crippen LogP contribution >= 0.6 is 0 Å². The molecule has 0 aliphatic carbocycles. The van der Waals surface area contributed by atoms with E-state index in [1.54, 1.807) is 0 Å². The number of nitrogens with two attached hydrogens (primary N) is 1. The van der Waals surface area contributed by atoms with Crippen LogP contribution in [0.1, 0.15) is 5.56 Å². The van der Waals surface area contributed by atoms with Crippen molar-refractivity contribution in [3.8, 4) is 0 Å². The average molecular weight is 262 g/mol. The molecule has 0 saturated heterocycles. The SMILES string of the molecule is CN(Cc1ccc(N)cc1)c1ccc2ccccc2c1. The number of rotatable bonds is 3. The van der Waals surface area contributed by atoms with Crippen LogP contribution in [0.2, 0.25) is 0 Å². The van der Waals surface area contributed by atoms with Crippen molar-refractivity contribution < 1.29 is 0 Å². The first kappa shape index (κ1) is 12.5. The van der Waals surface area contributed by atoms with E-state index in [1.807, 2.05) is 12.1 Å². The summed E-state index contributed by atoms with van der Waals surface area (Å²) in [5.41, 5.74) is 9.01. The molecule has 0 spiro atoms. The van der Waals surface area contributed by atoms with Gasteiger partial charge in [0.05, 0.1) is 0 Å². The number of benzene rings is 3. The fourth-order valence-corrected chi connectivity index (χ4v) is 2.40.